The van der Waals surface area contributed by atoms with Gasteiger partial charge in [-0.3, -0.25) is 14.8 Å². The van der Waals surface area contributed by atoms with Crippen LogP contribution >= 0.6 is 11.3 Å². The highest BCUT2D eigenvalue weighted by Crippen LogP contribution is 2.31. The van der Waals surface area contributed by atoms with Gasteiger partial charge in [0.25, 0.3) is 5.91 Å². The van der Waals surface area contributed by atoms with Gasteiger partial charge in [0, 0.05) is 23.7 Å². The molecular formula is C16H14F2N4O2S. The Balaban J connectivity index is 1.77. The number of hydrogen-bond acceptors (Lipinski definition) is 5. The minimum atomic E-state index is -2.86. The summed E-state index contributed by atoms with van der Waals surface area (Å²) in [5.41, 5.74) is 1.86. The van der Waals surface area contributed by atoms with Gasteiger partial charge in [-0.05, 0) is 31.2 Å². The normalized spacial score (nSPS) is 10.9. The van der Waals surface area contributed by atoms with Gasteiger partial charge >= 0.3 is 6.61 Å². The summed E-state index contributed by atoms with van der Waals surface area (Å²) >= 11 is 1.33. The summed E-state index contributed by atoms with van der Waals surface area (Å²) in [7, 11) is 1.73. The average molecular weight is 364 g/mol. The lowest BCUT2D eigenvalue weighted by Crippen LogP contribution is -2.10. The van der Waals surface area contributed by atoms with Crippen LogP contribution in [0.3, 0.4) is 0 Å². The molecular weight excluding hydrogens is 350 g/mol. The molecule has 0 spiro atoms. The lowest BCUT2D eigenvalue weighted by Gasteiger charge is -2.05. The molecule has 0 fully saturated rings. The third-order valence-electron chi connectivity index (χ3n) is 3.34. The molecule has 0 unspecified atom stereocenters. The van der Waals surface area contributed by atoms with Crippen molar-refractivity contribution < 1.29 is 18.3 Å². The van der Waals surface area contributed by atoms with Crippen LogP contribution in [0.25, 0.3) is 11.3 Å². The molecule has 9 heteroatoms. The molecule has 3 rings (SSSR count). The molecule has 1 N–H and O–H groups in total. The second kappa shape index (κ2) is 6.98. The van der Waals surface area contributed by atoms with E-state index in [1.54, 1.807) is 25.4 Å². The summed E-state index contributed by atoms with van der Waals surface area (Å²) in [4.78, 5) is 17.5. The number of nitrogens with one attached hydrogen (secondary N) is 1. The van der Waals surface area contributed by atoms with Crippen molar-refractivity contribution in [3.8, 4) is 17.0 Å². The van der Waals surface area contributed by atoms with Crippen molar-refractivity contribution >= 4 is 22.4 Å². The number of ether oxygens (including phenoxy) is 1. The third-order valence-corrected chi connectivity index (χ3v) is 4.22. The zero-order chi connectivity index (χ0) is 18.0. The van der Waals surface area contributed by atoms with Gasteiger partial charge in [0.1, 0.15) is 5.75 Å². The Kier molecular flexibility index (Phi) is 4.75. The summed E-state index contributed by atoms with van der Waals surface area (Å²) in [6.45, 7) is -0.989. The van der Waals surface area contributed by atoms with Gasteiger partial charge in [-0.2, -0.15) is 13.9 Å². The number of halogens is 2. The molecule has 0 bridgehead atoms. The first-order valence-corrected chi connectivity index (χ1v) is 8.06. The van der Waals surface area contributed by atoms with E-state index in [2.05, 4.69) is 20.1 Å². The van der Waals surface area contributed by atoms with Crippen molar-refractivity contribution in [1.29, 1.82) is 0 Å². The highest BCUT2D eigenvalue weighted by atomic mass is 32.1. The number of hydrogen-bond donors (Lipinski definition) is 1. The molecule has 0 atom stereocenters. The standard InChI is InChI=1S/C16H14F2N4O2S/c1-9-13(10-3-5-12(6-4-10)24-15(17)18)20-16(25-9)21-14(23)11-7-19-22(2)8-11/h3-8,15H,1-2H3,(H,20,21,23). The molecule has 0 saturated heterocycles. The zero-order valence-electron chi connectivity index (χ0n) is 13.4. The lowest BCUT2D eigenvalue weighted by atomic mass is 10.1. The minimum Gasteiger partial charge on any atom is -0.435 e. The lowest BCUT2D eigenvalue weighted by molar-refractivity contribution is -0.0498. The van der Waals surface area contributed by atoms with Crippen LogP contribution in [0.15, 0.2) is 36.7 Å². The second-order valence-electron chi connectivity index (χ2n) is 5.18. The van der Waals surface area contributed by atoms with Gasteiger partial charge in [-0.25, -0.2) is 4.98 Å². The number of carbonyl (C=O) groups excluding carboxylic acids is 1. The summed E-state index contributed by atoms with van der Waals surface area (Å²) in [6.07, 6.45) is 3.08. The highest BCUT2D eigenvalue weighted by Gasteiger charge is 2.14. The smallest absolute Gasteiger partial charge is 0.387 e. The quantitative estimate of drug-likeness (QED) is 0.749. The number of rotatable bonds is 5. The van der Waals surface area contributed by atoms with E-state index in [-0.39, 0.29) is 11.7 Å². The molecule has 1 amide bonds. The highest BCUT2D eigenvalue weighted by molar-refractivity contribution is 7.16. The molecule has 0 aliphatic rings. The van der Waals surface area contributed by atoms with Crippen LogP contribution in [0.2, 0.25) is 0 Å². The first-order chi connectivity index (χ1) is 11.9. The molecule has 0 saturated carbocycles. The Morgan fingerprint density at radius 3 is 2.64 bits per heavy atom. The predicted molar refractivity (Wildman–Crippen MR) is 90.1 cm³/mol. The van der Waals surface area contributed by atoms with Crippen LogP contribution in [0.1, 0.15) is 15.2 Å². The van der Waals surface area contributed by atoms with E-state index >= 15 is 0 Å². The van der Waals surface area contributed by atoms with Crippen LogP contribution in [-0.4, -0.2) is 27.3 Å². The van der Waals surface area contributed by atoms with E-state index in [9.17, 15) is 13.6 Å². The van der Waals surface area contributed by atoms with Gasteiger partial charge in [0.2, 0.25) is 0 Å². The van der Waals surface area contributed by atoms with Crippen molar-refractivity contribution in [2.75, 3.05) is 5.32 Å². The van der Waals surface area contributed by atoms with Crippen LogP contribution in [0, 0.1) is 6.92 Å². The Morgan fingerprint density at radius 2 is 2.04 bits per heavy atom. The number of aryl methyl sites for hydroxylation is 2. The van der Waals surface area contributed by atoms with Crippen molar-refractivity contribution in [3.63, 3.8) is 0 Å². The second-order valence-corrected chi connectivity index (χ2v) is 6.39. The monoisotopic (exact) mass is 364 g/mol. The van der Waals surface area contributed by atoms with Gasteiger partial charge in [0.05, 0.1) is 17.5 Å². The number of anilines is 1. The Bertz CT molecular complexity index is 890. The Hall–Kier alpha value is -2.81. The SMILES string of the molecule is Cc1sc(NC(=O)c2cnn(C)c2)nc1-c1ccc(OC(F)F)cc1. The number of alkyl halides is 2. The predicted octanol–water partition coefficient (Wildman–Crippen LogP) is 3.71. The summed E-state index contributed by atoms with van der Waals surface area (Å²) < 4.78 is 30.3. The number of nitrogens with zero attached hydrogens (tertiary/aromatic N) is 3. The fourth-order valence-corrected chi connectivity index (χ4v) is 3.05. The molecule has 130 valence electrons. The van der Waals surface area contributed by atoms with Crippen LogP contribution in [-0.2, 0) is 7.05 Å². The van der Waals surface area contributed by atoms with E-state index in [1.165, 1.54) is 34.3 Å². The third kappa shape index (κ3) is 4.00. The van der Waals surface area contributed by atoms with Crippen molar-refractivity contribution in [2.45, 2.75) is 13.5 Å². The average Bonchev–Trinajstić information content (AvgIpc) is 3.13. The summed E-state index contributed by atoms with van der Waals surface area (Å²) in [6, 6.07) is 6.20. The van der Waals surface area contributed by atoms with Gasteiger partial charge in [0.15, 0.2) is 5.13 Å². The Morgan fingerprint density at radius 1 is 1.32 bits per heavy atom. The maximum atomic E-state index is 12.2. The van der Waals surface area contributed by atoms with Crippen LogP contribution in [0.5, 0.6) is 5.75 Å². The van der Waals surface area contributed by atoms with Gasteiger partial charge in [-0.15, -0.1) is 11.3 Å². The molecule has 1 aromatic carbocycles. The fourth-order valence-electron chi connectivity index (χ4n) is 2.22. The zero-order valence-corrected chi connectivity index (χ0v) is 14.2. The summed E-state index contributed by atoms with van der Waals surface area (Å²) in [5.74, 6) is -0.217. The Labute approximate surface area is 146 Å². The van der Waals surface area contributed by atoms with Crippen molar-refractivity contribution in [1.82, 2.24) is 14.8 Å². The van der Waals surface area contributed by atoms with Crippen molar-refractivity contribution in [2.24, 2.45) is 7.05 Å². The van der Waals surface area contributed by atoms with Crippen LogP contribution < -0.4 is 10.1 Å². The van der Waals surface area contributed by atoms with E-state index in [0.717, 1.165) is 10.4 Å². The molecule has 0 aliphatic carbocycles. The number of benzene rings is 1. The minimum absolute atomic E-state index is 0.0803. The largest absolute Gasteiger partial charge is 0.435 e. The number of thiazole rings is 1. The van der Waals surface area contributed by atoms with E-state index in [1.807, 2.05) is 6.92 Å². The number of aromatic nitrogens is 3. The van der Waals surface area contributed by atoms with Crippen molar-refractivity contribution in [3.05, 3.63) is 47.1 Å². The topological polar surface area (TPSA) is 69.0 Å². The maximum absolute atomic E-state index is 12.2. The first-order valence-electron chi connectivity index (χ1n) is 7.25. The maximum Gasteiger partial charge on any atom is 0.387 e. The number of amides is 1. The molecule has 6 nitrogen and oxygen atoms in total. The number of carbonyl (C=O) groups is 1. The van der Waals surface area contributed by atoms with E-state index < -0.39 is 6.61 Å². The molecule has 0 aliphatic heterocycles. The van der Waals surface area contributed by atoms with E-state index in [4.69, 9.17) is 0 Å². The van der Waals surface area contributed by atoms with Gasteiger partial charge < -0.3 is 4.74 Å². The molecule has 2 aromatic heterocycles. The molecule has 0 radical (unpaired) electrons. The fraction of sp³-hybridized carbons (Fsp3) is 0.188. The molecule has 3 aromatic rings. The molecule has 2 heterocycles. The van der Waals surface area contributed by atoms with Crippen LogP contribution in [0.4, 0.5) is 13.9 Å². The first kappa shape index (κ1) is 17.0. The molecule has 25 heavy (non-hydrogen) atoms. The summed E-state index contributed by atoms with van der Waals surface area (Å²) in [5, 5.41) is 7.14. The van der Waals surface area contributed by atoms with E-state index in [0.29, 0.717) is 16.4 Å². The van der Waals surface area contributed by atoms with Gasteiger partial charge in [-0.1, -0.05) is 0 Å².